The Kier molecular flexibility index (Phi) is 7.85. The van der Waals surface area contributed by atoms with E-state index in [9.17, 15) is 19.2 Å². The van der Waals surface area contributed by atoms with Crippen molar-refractivity contribution in [1.29, 1.82) is 0 Å². The van der Waals surface area contributed by atoms with Crippen LogP contribution in [0, 0.1) is 5.92 Å². The van der Waals surface area contributed by atoms with Gasteiger partial charge in [0.15, 0.2) is 0 Å². The molecular weight excluding hydrogens is 340 g/mol. The van der Waals surface area contributed by atoms with Crippen LogP contribution < -0.4 is 11.2 Å². The molecule has 0 aromatic carbocycles. The SMILES string of the molecule is O=C(/C=C/C(=O)OCC1CCCCC1)OCCCc1cc(=O)[nH]c(=O)[nH]1. The molecule has 8 nitrogen and oxygen atoms in total. The van der Waals surface area contributed by atoms with Gasteiger partial charge in [0.1, 0.15) is 0 Å². The lowest BCUT2D eigenvalue weighted by Crippen LogP contribution is -2.23. The van der Waals surface area contributed by atoms with Crippen LogP contribution in [0.3, 0.4) is 0 Å². The van der Waals surface area contributed by atoms with Crippen LogP contribution in [0.1, 0.15) is 44.2 Å². The zero-order valence-corrected chi connectivity index (χ0v) is 14.6. The molecular formula is C18H24N2O6. The maximum Gasteiger partial charge on any atom is 0.331 e. The average Bonchev–Trinajstić information content (AvgIpc) is 2.62. The molecule has 2 N–H and O–H groups in total. The van der Waals surface area contributed by atoms with Gasteiger partial charge in [0, 0.05) is 23.9 Å². The van der Waals surface area contributed by atoms with Crippen molar-refractivity contribution in [3.8, 4) is 0 Å². The predicted molar refractivity (Wildman–Crippen MR) is 93.6 cm³/mol. The number of aryl methyl sites for hydroxylation is 1. The fourth-order valence-corrected chi connectivity index (χ4v) is 2.88. The van der Waals surface area contributed by atoms with E-state index >= 15 is 0 Å². The van der Waals surface area contributed by atoms with Gasteiger partial charge in [-0.2, -0.15) is 0 Å². The van der Waals surface area contributed by atoms with Crippen LogP contribution in [-0.2, 0) is 25.5 Å². The maximum atomic E-state index is 11.6. The summed E-state index contributed by atoms with van der Waals surface area (Å²) in [4.78, 5) is 49.9. The molecule has 0 radical (unpaired) electrons. The number of ether oxygens (including phenoxy) is 2. The second-order valence-electron chi connectivity index (χ2n) is 6.35. The van der Waals surface area contributed by atoms with Crippen molar-refractivity contribution >= 4 is 11.9 Å². The van der Waals surface area contributed by atoms with Gasteiger partial charge in [-0.05, 0) is 31.6 Å². The Hall–Kier alpha value is -2.64. The Morgan fingerprint density at radius 1 is 1.04 bits per heavy atom. The molecule has 1 fully saturated rings. The van der Waals surface area contributed by atoms with E-state index in [2.05, 4.69) is 9.97 Å². The first-order valence-electron chi connectivity index (χ1n) is 8.87. The second-order valence-corrected chi connectivity index (χ2v) is 6.35. The van der Waals surface area contributed by atoms with Crippen molar-refractivity contribution < 1.29 is 19.1 Å². The number of aromatic nitrogens is 2. The monoisotopic (exact) mass is 364 g/mol. The van der Waals surface area contributed by atoms with Crippen LogP contribution in [0.25, 0.3) is 0 Å². The second kappa shape index (κ2) is 10.4. The van der Waals surface area contributed by atoms with E-state index in [4.69, 9.17) is 9.47 Å². The number of rotatable bonds is 8. The quantitative estimate of drug-likeness (QED) is 0.407. The zero-order valence-electron chi connectivity index (χ0n) is 14.6. The van der Waals surface area contributed by atoms with Crippen molar-refractivity contribution in [1.82, 2.24) is 9.97 Å². The van der Waals surface area contributed by atoms with E-state index < -0.39 is 23.2 Å². The van der Waals surface area contributed by atoms with Gasteiger partial charge < -0.3 is 14.5 Å². The van der Waals surface area contributed by atoms with Gasteiger partial charge in [0.2, 0.25) is 0 Å². The smallest absolute Gasteiger partial charge is 0.331 e. The fraction of sp³-hybridized carbons (Fsp3) is 0.556. The van der Waals surface area contributed by atoms with Gasteiger partial charge in [0.25, 0.3) is 5.56 Å². The van der Waals surface area contributed by atoms with Crippen molar-refractivity contribution in [3.63, 3.8) is 0 Å². The van der Waals surface area contributed by atoms with Crippen molar-refractivity contribution in [2.75, 3.05) is 13.2 Å². The van der Waals surface area contributed by atoms with E-state index in [0.29, 0.717) is 31.1 Å². The molecule has 8 heteroatoms. The standard InChI is InChI=1S/C18H24N2O6/c21-15-11-14(19-18(24)20-15)7-4-10-25-16(22)8-9-17(23)26-12-13-5-2-1-3-6-13/h8-9,11,13H,1-7,10,12H2,(H2,19,20,21,24)/b9-8+. The summed E-state index contributed by atoms with van der Waals surface area (Å²) in [5.74, 6) is -0.766. The Labute approximate surface area is 150 Å². The summed E-state index contributed by atoms with van der Waals surface area (Å²) >= 11 is 0. The third-order valence-corrected chi connectivity index (χ3v) is 4.19. The molecule has 0 saturated heterocycles. The lowest BCUT2D eigenvalue weighted by molar-refractivity contribution is -0.141. The lowest BCUT2D eigenvalue weighted by atomic mass is 9.90. The van der Waals surface area contributed by atoms with Gasteiger partial charge in [-0.3, -0.25) is 9.78 Å². The van der Waals surface area contributed by atoms with Crippen LogP contribution in [-0.4, -0.2) is 35.1 Å². The summed E-state index contributed by atoms with van der Waals surface area (Å²) in [6.45, 7) is 0.502. The number of esters is 2. The molecule has 1 saturated carbocycles. The normalized spacial score (nSPS) is 15.1. The minimum absolute atomic E-state index is 0.106. The molecule has 1 aliphatic rings. The molecule has 142 valence electrons. The molecule has 0 amide bonds. The highest BCUT2D eigenvalue weighted by molar-refractivity contribution is 5.91. The first kappa shape index (κ1) is 19.7. The van der Waals surface area contributed by atoms with Gasteiger partial charge in [-0.1, -0.05) is 19.3 Å². The third-order valence-electron chi connectivity index (χ3n) is 4.19. The summed E-state index contributed by atoms with van der Waals surface area (Å²) in [6, 6.07) is 1.28. The van der Waals surface area contributed by atoms with Gasteiger partial charge in [-0.25, -0.2) is 14.4 Å². The fourth-order valence-electron chi connectivity index (χ4n) is 2.88. The van der Waals surface area contributed by atoms with Crippen molar-refractivity contribution in [2.45, 2.75) is 44.9 Å². The largest absolute Gasteiger partial charge is 0.463 e. The summed E-state index contributed by atoms with van der Waals surface area (Å²) in [5, 5.41) is 0. The lowest BCUT2D eigenvalue weighted by Gasteiger charge is -2.20. The first-order chi connectivity index (χ1) is 12.5. The molecule has 0 atom stereocenters. The predicted octanol–water partition coefficient (Wildman–Crippen LogP) is 1.22. The van der Waals surface area contributed by atoms with Crippen molar-refractivity contribution in [2.24, 2.45) is 5.92 Å². The average molecular weight is 364 g/mol. The number of aromatic amines is 2. The minimum Gasteiger partial charge on any atom is -0.463 e. The zero-order chi connectivity index (χ0) is 18.8. The van der Waals surface area contributed by atoms with Crippen LogP contribution in [0.5, 0.6) is 0 Å². The molecule has 0 spiro atoms. The molecule has 2 rings (SSSR count). The van der Waals surface area contributed by atoms with Crippen molar-refractivity contribution in [3.05, 3.63) is 44.8 Å². The molecule has 1 aromatic rings. The molecule has 1 aliphatic carbocycles. The third kappa shape index (κ3) is 7.50. The van der Waals surface area contributed by atoms with Crippen LogP contribution in [0.4, 0.5) is 0 Å². The number of hydrogen-bond donors (Lipinski definition) is 2. The molecule has 26 heavy (non-hydrogen) atoms. The molecule has 1 aromatic heterocycles. The van der Waals surface area contributed by atoms with Crippen LogP contribution in [0.15, 0.2) is 27.8 Å². The van der Waals surface area contributed by atoms with Crippen LogP contribution >= 0.6 is 0 Å². The minimum atomic E-state index is -0.640. The van der Waals surface area contributed by atoms with Crippen LogP contribution in [0.2, 0.25) is 0 Å². The summed E-state index contributed by atoms with van der Waals surface area (Å²) < 4.78 is 10.1. The first-order valence-corrected chi connectivity index (χ1v) is 8.87. The summed E-state index contributed by atoms with van der Waals surface area (Å²) in [5.41, 5.74) is -0.578. The highest BCUT2D eigenvalue weighted by Gasteiger charge is 2.14. The highest BCUT2D eigenvalue weighted by atomic mass is 16.5. The topological polar surface area (TPSA) is 118 Å². The van der Waals surface area contributed by atoms with E-state index in [1.807, 2.05) is 0 Å². The number of carbonyl (C=O) groups is 2. The van der Waals surface area contributed by atoms with E-state index in [-0.39, 0.29) is 6.61 Å². The van der Waals surface area contributed by atoms with E-state index in [0.717, 1.165) is 25.0 Å². The number of hydrogen-bond acceptors (Lipinski definition) is 6. The van der Waals surface area contributed by atoms with Gasteiger partial charge in [-0.15, -0.1) is 0 Å². The number of H-pyrrole nitrogens is 2. The van der Waals surface area contributed by atoms with E-state index in [1.165, 1.54) is 25.3 Å². The molecule has 1 heterocycles. The Bertz CT molecular complexity index is 714. The molecule has 0 bridgehead atoms. The summed E-state index contributed by atoms with van der Waals surface area (Å²) in [6.07, 6.45) is 8.69. The Morgan fingerprint density at radius 3 is 2.42 bits per heavy atom. The number of nitrogens with one attached hydrogen (secondary N) is 2. The number of carbonyl (C=O) groups excluding carboxylic acids is 2. The highest BCUT2D eigenvalue weighted by Crippen LogP contribution is 2.23. The van der Waals surface area contributed by atoms with Gasteiger partial charge >= 0.3 is 17.6 Å². The maximum absolute atomic E-state index is 11.6. The summed E-state index contributed by atoms with van der Waals surface area (Å²) in [7, 11) is 0. The van der Waals surface area contributed by atoms with Gasteiger partial charge in [0.05, 0.1) is 13.2 Å². The molecule has 0 aliphatic heterocycles. The van der Waals surface area contributed by atoms with E-state index in [1.54, 1.807) is 0 Å². The Balaban J connectivity index is 1.61. The molecule has 0 unspecified atom stereocenters. The Morgan fingerprint density at radius 2 is 1.73 bits per heavy atom.